The predicted molar refractivity (Wildman–Crippen MR) is 109 cm³/mol. The lowest BCUT2D eigenvalue weighted by molar-refractivity contribution is -0.155. The number of benzene rings is 2. The van der Waals surface area contributed by atoms with Gasteiger partial charge in [0.2, 0.25) is 0 Å². The van der Waals surface area contributed by atoms with E-state index in [1.807, 2.05) is 31.2 Å². The van der Waals surface area contributed by atoms with E-state index in [1.54, 1.807) is 24.3 Å². The third-order valence-electron chi connectivity index (χ3n) is 4.93. The van der Waals surface area contributed by atoms with E-state index in [1.165, 1.54) is 12.0 Å². The van der Waals surface area contributed by atoms with Crippen LogP contribution >= 0.6 is 0 Å². The van der Waals surface area contributed by atoms with Crippen molar-refractivity contribution in [2.75, 3.05) is 20.3 Å². The zero-order valence-electron chi connectivity index (χ0n) is 17.1. The lowest BCUT2D eigenvalue weighted by Gasteiger charge is -2.35. The van der Waals surface area contributed by atoms with Crippen molar-refractivity contribution in [3.05, 3.63) is 65.2 Å². The number of hydrogen-bond donors (Lipinski definition) is 0. The summed E-state index contributed by atoms with van der Waals surface area (Å²) in [6.45, 7) is 2.41. The summed E-state index contributed by atoms with van der Waals surface area (Å²) in [6, 6.07) is 13.4. The highest BCUT2D eigenvalue weighted by Gasteiger charge is 2.35. The molecule has 7 nitrogen and oxygen atoms in total. The molecular formula is C23H25NO6. The van der Waals surface area contributed by atoms with E-state index in [2.05, 4.69) is 0 Å². The van der Waals surface area contributed by atoms with Gasteiger partial charge in [-0.15, -0.1) is 0 Å². The molecule has 1 heterocycles. The molecule has 7 heteroatoms. The normalized spacial score (nSPS) is 15.1. The van der Waals surface area contributed by atoms with Crippen molar-refractivity contribution in [3.63, 3.8) is 0 Å². The Kier molecular flexibility index (Phi) is 7.06. The fourth-order valence-electron chi connectivity index (χ4n) is 3.33. The maximum atomic E-state index is 12.8. The first-order chi connectivity index (χ1) is 14.5. The maximum absolute atomic E-state index is 12.8. The van der Waals surface area contributed by atoms with Gasteiger partial charge in [-0.05, 0) is 41.8 Å². The van der Waals surface area contributed by atoms with Crippen LogP contribution in [-0.4, -0.2) is 49.1 Å². The topological polar surface area (TPSA) is 82.1 Å². The van der Waals surface area contributed by atoms with Gasteiger partial charge in [0.05, 0.1) is 19.3 Å². The number of hydrogen-bond acceptors (Lipinski definition) is 6. The lowest BCUT2D eigenvalue weighted by atomic mass is 9.94. The smallest absolute Gasteiger partial charge is 0.338 e. The van der Waals surface area contributed by atoms with Crippen molar-refractivity contribution in [1.29, 1.82) is 0 Å². The van der Waals surface area contributed by atoms with Crippen molar-refractivity contribution < 1.29 is 28.6 Å². The Morgan fingerprint density at radius 3 is 2.40 bits per heavy atom. The molecule has 1 amide bonds. The molecule has 0 aromatic heterocycles. The molecule has 3 rings (SSSR count). The minimum Gasteiger partial charge on any atom is -0.494 e. The SMILES string of the molecule is CCCOc1ccc(C(=O)OCC(=O)N2Cc3ccccc3C[C@H]2C(=O)OC)cc1. The first kappa shape index (κ1) is 21.4. The molecule has 0 N–H and O–H groups in total. The second kappa shape index (κ2) is 9.91. The number of methoxy groups -OCH3 is 1. The Bertz CT molecular complexity index is 908. The van der Waals surface area contributed by atoms with Gasteiger partial charge in [0.15, 0.2) is 6.61 Å². The molecule has 0 saturated heterocycles. The summed E-state index contributed by atoms with van der Waals surface area (Å²) in [5.74, 6) is -0.891. The van der Waals surface area contributed by atoms with Crippen molar-refractivity contribution >= 4 is 17.8 Å². The zero-order chi connectivity index (χ0) is 21.5. The molecule has 1 aliphatic rings. The summed E-state index contributed by atoms with van der Waals surface area (Å²) in [5.41, 5.74) is 2.28. The number of rotatable bonds is 7. The monoisotopic (exact) mass is 411 g/mol. The van der Waals surface area contributed by atoms with Crippen molar-refractivity contribution in [2.24, 2.45) is 0 Å². The largest absolute Gasteiger partial charge is 0.494 e. The number of amides is 1. The third kappa shape index (κ3) is 4.97. The van der Waals surface area contributed by atoms with Crippen LogP contribution in [-0.2, 0) is 32.0 Å². The fourth-order valence-corrected chi connectivity index (χ4v) is 3.33. The van der Waals surface area contributed by atoms with E-state index in [0.717, 1.165) is 17.5 Å². The van der Waals surface area contributed by atoms with Gasteiger partial charge in [-0.25, -0.2) is 9.59 Å². The number of ether oxygens (including phenoxy) is 3. The number of carbonyl (C=O) groups excluding carboxylic acids is 3. The van der Waals surface area contributed by atoms with Crippen molar-refractivity contribution in [3.8, 4) is 5.75 Å². The summed E-state index contributed by atoms with van der Waals surface area (Å²) >= 11 is 0. The number of esters is 2. The lowest BCUT2D eigenvalue weighted by Crippen LogP contribution is -2.50. The van der Waals surface area contributed by atoms with E-state index in [9.17, 15) is 14.4 Å². The van der Waals surface area contributed by atoms with Gasteiger partial charge in [-0.3, -0.25) is 4.79 Å². The second-order valence-electron chi connectivity index (χ2n) is 6.98. The van der Waals surface area contributed by atoms with E-state index in [4.69, 9.17) is 14.2 Å². The van der Waals surface area contributed by atoms with Crippen LogP contribution in [0.5, 0.6) is 5.75 Å². The Hall–Kier alpha value is -3.35. The highest BCUT2D eigenvalue weighted by atomic mass is 16.5. The van der Waals surface area contributed by atoms with Crippen LogP contribution in [0.15, 0.2) is 48.5 Å². The summed E-state index contributed by atoms with van der Waals surface area (Å²) < 4.78 is 15.5. The van der Waals surface area contributed by atoms with Gasteiger partial charge in [-0.1, -0.05) is 31.2 Å². The quantitative estimate of drug-likeness (QED) is 0.652. The summed E-state index contributed by atoms with van der Waals surface area (Å²) in [4.78, 5) is 38.7. The molecule has 1 aliphatic heterocycles. The Labute approximate surface area is 175 Å². The number of nitrogens with zero attached hydrogens (tertiary/aromatic N) is 1. The Morgan fingerprint density at radius 2 is 1.73 bits per heavy atom. The fraction of sp³-hybridized carbons (Fsp3) is 0.348. The van der Waals surface area contributed by atoms with Gasteiger partial charge < -0.3 is 19.1 Å². The van der Waals surface area contributed by atoms with Crippen LogP contribution in [0, 0.1) is 0 Å². The highest BCUT2D eigenvalue weighted by Crippen LogP contribution is 2.24. The molecule has 30 heavy (non-hydrogen) atoms. The Morgan fingerprint density at radius 1 is 1.03 bits per heavy atom. The average molecular weight is 411 g/mol. The predicted octanol–water partition coefficient (Wildman–Crippen LogP) is 2.76. The zero-order valence-corrected chi connectivity index (χ0v) is 17.1. The van der Waals surface area contributed by atoms with Gasteiger partial charge in [-0.2, -0.15) is 0 Å². The van der Waals surface area contributed by atoms with E-state index in [-0.39, 0.29) is 6.54 Å². The summed E-state index contributed by atoms with van der Waals surface area (Å²) in [5, 5.41) is 0. The van der Waals surface area contributed by atoms with Gasteiger partial charge in [0.25, 0.3) is 5.91 Å². The van der Waals surface area contributed by atoms with Crippen LogP contribution < -0.4 is 4.74 Å². The number of carbonyl (C=O) groups is 3. The van der Waals surface area contributed by atoms with E-state index in [0.29, 0.717) is 24.3 Å². The van der Waals surface area contributed by atoms with Crippen LogP contribution in [0.3, 0.4) is 0 Å². The van der Waals surface area contributed by atoms with Gasteiger partial charge >= 0.3 is 11.9 Å². The highest BCUT2D eigenvalue weighted by molar-refractivity contribution is 5.92. The van der Waals surface area contributed by atoms with Crippen LogP contribution in [0.4, 0.5) is 0 Å². The summed E-state index contributed by atoms with van der Waals surface area (Å²) in [6.07, 6.45) is 1.25. The molecule has 0 spiro atoms. The van der Waals surface area contributed by atoms with Crippen molar-refractivity contribution in [1.82, 2.24) is 4.90 Å². The van der Waals surface area contributed by atoms with Crippen LogP contribution in [0.2, 0.25) is 0 Å². The van der Waals surface area contributed by atoms with E-state index >= 15 is 0 Å². The number of fused-ring (bicyclic) bond motifs is 1. The minimum atomic E-state index is -0.744. The molecule has 0 saturated carbocycles. The van der Waals surface area contributed by atoms with Gasteiger partial charge in [0, 0.05) is 13.0 Å². The van der Waals surface area contributed by atoms with Crippen molar-refractivity contribution in [2.45, 2.75) is 32.4 Å². The standard InChI is InChI=1S/C23H25NO6/c1-3-12-29-19-10-8-16(9-11-19)22(26)30-15-21(25)24-14-18-7-5-4-6-17(18)13-20(24)23(27)28-2/h4-11,20H,3,12-15H2,1-2H3/t20-/m0/s1. The van der Waals surface area contributed by atoms with Crippen LogP contribution in [0.1, 0.15) is 34.8 Å². The first-order valence-corrected chi connectivity index (χ1v) is 9.87. The molecule has 158 valence electrons. The molecule has 0 bridgehead atoms. The molecule has 0 radical (unpaired) electrons. The minimum absolute atomic E-state index is 0.260. The maximum Gasteiger partial charge on any atom is 0.338 e. The third-order valence-corrected chi connectivity index (χ3v) is 4.93. The molecule has 1 atom stereocenters. The molecule has 2 aromatic carbocycles. The molecule has 0 aliphatic carbocycles. The summed E-state index contributed by atoms with van der Waals surface area (Å²) in [7, 11) is 1.29. The first-order valence-electron chi connectivity index (χ1n) is 9.87. The molecule has 2 aromatic rings. The van der Waals surface area contributed by atoms with Gasteiger partial charge in [0.1, 0.15) is 11.8 Å². The molecule has 0 fully saturated rings. The Balaban J connectivity index is 1.63. The van der Waals surface area contributed by atoms with E-state index < -0.39 is 30.5 Å². The second-order valence-corrected chi connectivity index (χ2v) is 6.98. The van der Waals surface area contributed by atoms with Crippen LogP contribution in [0.25, 0.3) is 0 Å². The average Bonchev–Trinajstić information content (AvgIpc) is 2.79. The molecular weight excluding hydrogens is 386 g/mol. The molecule has 0 unspecified atom stereocenters.